The number of likely N-dealkylation sites (N-methyl/N-ethyl adjacent to an activating group) is 1. The van der Waals surface area contributed by atoms with E-state index in [0.29, 0.717) is 41.1 Å². The van der Waals surface area contributed by atoms with Crippen LogP contribution in [0.25, 0.3) is 0 Å². The van der Waals surface area contributed by atoms with E-state index in [9.17, 15) is 13.2 Å². The number of carbonyl (C=O) groups is 1. The van der Waals surface area contributed by atoms with Crippen LogP contribution in [0.2, 0.25) is 10.0 Å². The highest BCUT2D eigenvalue weighted by Crippen LogP contribution is 2.29. The molecule has 0 fully saturated rings. The highest BCUT2D eigenvalue weighted by Gasteiger charge is 2.19. The van der Waals surface area contributed by atoms with E-state index in [2.05, 4.69) is 5.32 Å². The average Bonchev–Trinajstić information content (AvgIpc) is 2.67. The van der Waals surface area contributed by atoms with Crippen molar-refractivity contribution in [3.05, 3.63) is 52.5 Å². The van der Waals surface area contributed by atoms with Crippen LogP contribution < -0.4 is 10.1 Å². The number of nitrogens with zero attached hydrogens (tertiary/aromatic N) is 1. The van der Waals surface area contributed by atoms with Gasteiger partial charge in [-0.1, -0.05) is 35.3 Å². The Morgan fingerprint density at radius 2 is 1.90 bits per heavy atom. The number of carbonyl (C=O) groups excluding carboxylic acids is 1. The Morgan fingerprint density at radius 1 is 1.21 bits per heavy atom. The van der Waals surface area contributed by atoms with Crippen molar-refractivity contribution in [1.82, 2.24) is 4.90 Å². The van der Waals surface area contributed by atoms with E-state index in [4.69, 9.17) is 27.9 Å². The topological polar surface area (TPSA) is 75.7 Å². The molecule has 0 aliphatic carbocycles. The molecule has 9 heteroatoms. The van der Waals surface area contributed by atoms with Crippen molar-refractivity contribution in [2.24, 2.45) is 0 Å². The van der Waals surface area contributed by atoms with Gasteiger partial charge in [0, 0.05) is 12.8 Å². The molecule has 2 aromatic carbocycles. The summed E-state index contributed by atoms with van der Waals surface area (Å²) >= 11 is 12.1. The summed E-state index contributed by atoms with van der Waals surface area (Å²) in [6.45, 7) is 2.81. The minimum absolute atomic E-state index is 0.196. The van der Waals surface area contributed by atoms with Gasteiger partial charge in [-0.05, 0) is 50.7 Å². The fourth-order valence-corrected chi connectivity index (χ4v) is 3.53. The first-order valence-electron chi connectivity index (χ1n) is 8.97. The lowest BCUT2D eigenvalue weighted by Gasteiger charge is -2.24. The third-order valence-corrected chi connectivity index (χ3v) is 6.34. The standard InChI is InChI=1S/C20H24Cl2N2O4S/c1-14(20(25)23-18-10-5-9-17(21)19(18)22)24(2)11-6-12-28-15-7-4-8-16(13-15)29(3,26)27/h4-5,7-10,13-14H,6,11-12H2,1-3H3,(H,23,25). The second-order valence-corrected chi connectivity index (χ2v) is 9.50. The summed E-state index contributed by atoms with van der Waals surface area (Å²) in [5.41, 5.74) is 0.471. The number of sulfone groups is 1. The molecule has 1 amide bonds. The summed E-state index contributed by atoms with van der Waals surface area (Å²) in [5.74, 6) is 0.301. The van der Waals surface area contributed by atoms with Gasteiger partial charge in [0.1, 0.15) is 5.75 Å². The number of amides is 1. The number of benzene rings is 2. The van der Waals surface area contributed by atoms with Gasteiger partial charge in [0.05, 0.1) is 33.3 Å². The molecule has 2 rings (SSSR count). The van der Waals surface area contributed by atoms with Crippen molar-refractivity contribution < 1.29 is 17.9 Å². The Bertz CT molecular complexity index is 967. The number of anilines is 1. The van der Waals surface area contributed by atoms with E-state index in [1.807, 2.05) is 11.9 Å². The molecule has 1 atom stereocenters. The van der Waals surface area contributed by atoms with Gasteiger partial charge in [0.25, 0.3) is 0 Å². The number of hydrogen-bond donors (Lipinski definition) is 1. The average molecular weight is 459 g/mol. The minimum Gasteiger partial charge on any atom is -0.494 e. The molecular weight excluding hydrogens is 435 g/mol. The van der Waals surface area contributed by atoms with Gasteiger partial charge in [-0.15, -0.1) is 0 Å². The van der Waals surface area contributed by atoms with Crippen LogP contribution in [0.4, 0.5) is 5.69 Å². The zero-order valence-corrected chi connectivity index (χ0v) is 18.8. The Balaban J connectivity index is 1.82. The van der Waals surface area contributed by atoms with E-state index in [1.165, 1.54) is 12.1 Å². The SMILES string of the molecule is CC(C(=O)Nc1cccc(Cl)c1Cl)N(C)CCCOc1cccc(S(C)(=O)=O)c1. The molecule has 0 spiro atoms. The Labute approximate surface area is 181 Å². The van der Waals surface area contributed by atoms with Gasteiger partial charge < -0.3 is 10.1 Å². The van der Waals surface area contributed by atoms with E-state index in [0.717, 1.165) is 6.26 Å². The molecule has 158 valence electrons. The Hall–Kier alpha value is -1.80. The summed E-state index contributed by atoms with van der Waals surface area (Å²) in [4.78, 5) is 14.6. The smallest absolute Gasteiger partial charge is 0.241 e. The van der Waals surface area contributed by atoms with Gasteiger partial charge in [-0.25, -0.2) is 8.42 Å². The third kappa shape index (κ3) is 6.89. The van der Waals surface area contributed by atoms with Crippen molar-refractivity contribution in [3.63, 3.8) is 0 Å². The first-order chi connectivity index (χ1) is 13.6. The highest BCUT2D eigenvalue weighted by atomic mass is 35.5. The molecule has 0 aliphatic rings. The molecular formula is C20H24Cl2N2O4S. The fraction of sp³-hybridized carbons (Fsp3) is 0.350. The van der Waals surface area contributed by atoms with Crippen LogP contribution in [0.15, 0.2) is 47.4 Å². The van der Waals surface area contributed by atoms with E-state index < -0.39 is 15.9 Å². The maximum absolute atomic E-state index is 12.5. The zero-order chi connectivity index (χ0) is 21.6. The van der Waals surface area contributed by atoms with Crippen LogP contribution >= 0.6 is 23.2 Å². The Kier molecular flexibility index (Phi) is 8.34. The lowest BCUT2D eigenvalue weighted by molar-refractivity contribution is -0.120. The van der Waals surface area contributed by atoms with Crippen LogP contribution in [-0.4, -0.2) is 51.7 Å². The molecule has 0 bridgehead atoms. The summed E-state index contributed by atoms with van der Waals surface area (Å²) in [6.07, 6.45) is 1.82. The van der Waals surface area contributed by atoms with Gasteiger partial charge >= 0.3 is 0 Å². The van der Waals surface area contributed by atoms with Crippen LogP contribution in [0, 0.1) is 0 Å². The number of hydrogen-bond acceptors (Lipinski definition) is 5. The third-order valence-electron chi connectivity index (χ3n) is 4.41. The summed E-state index contributed by atoms with van der Waals surface area (Å²) in [6, 6.07) is 11.1. The molecule has 0 saturated carbocycles. The van der Waals surface area contributed by atoms with Gasteiger partial charge in [-0.2, -0.15) is 0 Å². The maximum Gasteiger partial charge on any atom is 0.241 e. The van der Waals surface area contributed by atoms with Crippen molar-refractivity contribution in [2.75, 3.05) is 31.8 Å². The fourth-order valence-electron chi connectivity index (χ4n) is 2.53. The number of nitrogens with one attached hydrogen (secondary N) is 1. The monoisotopic (exact) mass is 458 g/mol. The molecule has 2 aromatic rings. The molecule has 0 heterocycles. The van der Waals surface area contributed by atoms with Crippen molar-refractivity contribution in [2.45, 2.75) is 24.3 Å². The van der Waals surface area contributed by atoms with Crippen molar-refractivity contribution in [1.29, 1.82) is 0 Å². The van der Waals surface area contributed by atoms with E-state index >= 15 is 0 Å². The number of rotatable bonds is 9. The molecule has 1 N–H and O–H groups in total. The van der Waals surface area contributed by atoms with Gasteiger partial charge in [0.15, 0.2) is 9.84 Å². The van der Waals surface area contributed by atoms with Gasteiger partial charge in [-0.3, -0.25) is 9.69 Å². The van der Waals surface area contributed by atoms with Crippen molar-refractivity contribution in [3.8, 4) is 5.75 Å². The maximum atomic E-state index is 12.5. The predicted molar refractivity (Wildman–Crippen MR) is 117 cm³/mol. The largest absolute Gasteiger partial charge is 0.494 e. The van der Waals surface area contributed by atoms with Crippen molar-refractivity contribution >= 4 is 44.6 Å². The minimum atomic E-state index is -3.27. The summed E-state index contributed by atoms with van der Waals surface area (Å²) in [5, 5.41) is 3.47. The number of halogens is 2. The highest BCUT2D eigenvalue weighted by molar-refractivity contribution is 7.90. The van der Waals surface area contributed by atoms with E-state index in [-0.39, 0.29) is 10.8 Å². The molecule has 29 heavy (non-hydrogen) atoms. The first kappa shape index (κ1) is 23.5. The van der Waals surface area contributed by atoms with Crippen LogP contribution in [-0.2, 0) is 14.6 Å². The molecule has 0 saturated heterocycles. The zero-order valence-electron chi connectivity index (χ0n) is 16.5. The van der Waals surface area contributed by atoms with E-state index in [1.54, 1.807) is 37.3 Å². The molecule has 0 radical (unpaired) electrons. The van der Waals surface area contributed by atoms with Crippen LogP contribution in [0.1, 0.15) is 13.3 Å². The molecule has 0 aromatic heterocycles. The Morgan fingerprint density at radius 3 is 2.59 bits per heavy atom. The molecule has 1 unspecified atom stereocenters. The second kappa shape index (κ2) is 10.3. The van der Waals surface area contributed by atoms with Crippen LogP contribution in [0.5, 0.6) is 5.75 Å². The quantitative estimate of drug-likeness (QED) is 0.571. The first-order valence-corrected chi connectivity index (χ1v) is 11.6. The lowest BCUT2D eigenvalue weighted by atomic mass is 10.2. The lowest BCUT2D eigenvalue weighted by Crippen LogP contribution is -2.40. The summed E-state index contributed by atoms with van der Waals surface area (Å²) in [7, 11) is -1.43. The molecule has 6 nitrogen and oxygen atoms in total. The normalized spacial score (nSPS) is 12.6. The number of ether oxygens (including phenoxy) is 1. The predicted octanol–water partition coefficient (Wildman–Crippen LogP) is 4.12. The van der Waals surface area contributed by atoms with Crippen LogP contribution in [0.3, 0.4) is 0 Å². The second-order valence-electron chi connectivity index (χ2n) is 6.70. The van der Waals surface area contributed by atoms with Gasteiger partial charge in [0.2, 0.25) is 5.91 Å². The summed E-state index contributed by atoms with van der Waals surface area (Å²) < 4.78 is 28.8. The molecule has 0 aliphatic heterocycles.